The highest BCUT2D eigenvalue weighted by Gasteiger charge is 2.26. The topological polar surface area (TPSA) is 55.1 Å². The zero-order valence-electron chi connectivity index (χ0n) is 9.80. The van der Waals surface area contributed by atoms with Crippen molar-refractivity contribution in [2.24, 2.45) is 5.73 Å². The van der Waals surface area contributed by atoms with Crippen molar-refractivity contribution in [2.45, 2.75) is 70.4 Å². The molecule has 0 heterocycles. The lowest BCUT2D eigenvalue weighted by atomic mass is 10.1. The molecule has 1 amide bonds. The molecule has 1 unspecified atom stereocenters. The van der Waals surface area contributed by atoms with E-state index in [2.05, 4.69) is 12.2 Å². The van der Waals surface area contributed by atoms with Crippen molar-refractivity contribution in [3.8, 4) is 0 Å². The number of nitrogens with one attached hydrogen (secondary N) is 1. The van der Waals surface area contributed by atoms with E-state index in [-0.39, 0.29) is 11.9 Å². The van der Waals surface area contributed by atoms with Crippen molar-refractivity contribution in [1.29, 1.82) is 0 Å². The second-order valence-electron chi connectivity index (χ2n) is 4.60. The maximum absolute atomic E-state index is 11.1. The molecule has 15 heavy (non-hydrogen) atoms. The first-order valence-electron chi connectivity index (χ1n) is 6.29. The highest BCUT2D eigenvalue weighted by atomic mass is 16.1. The third kappa shape index (κ3) is 5.78. The Kier molecular flexibility index (Phi) is 5.69. The molecule has 0 aromatic rings. The van der Waals surface area contributed by atoms with Crippen LogP contribution in [0.4, 0.5) is 0 Å². The molecule has 0 saturated heterocycles. The number of carbonyl (C=O) groups excluding carboxylic acids is 1. The highest BCUT2D eigenvalue weighted by Crippen LogP contribution is 2.20. The number of carbonyl (C=O) groups is 1. The van der Waals surface area contributed by atoms with Crippen molar-refractivity contribution in [1.82, 2.24) is 5.32 Å². The van der Waals surface area contributed by atoms with Crippen molar-refractivity contribution in [3.05, 3.63) is 0 Å². The second-order valence-corrected chi connectivity index (χ2v) is 4.60. The van der Waals surface area contributed by atoms with E-state index < -0.39 is 0 Å². The summed E-state index contributed by atoms with van der Waals surface area (Å²) in [5.41, 5.74) is 5.35. The molecule has 1 aliphatic rings. The summed E-state index contributed by atoms with van der Waals surface area (Å²) in [7, 11) is 0. The Labute approximate surface area is 92.8 Å². The van der Waals surface area contributed by atoms with Gasteiger partial charge in [-0.2, -0.15) is 0 Å². The lowest BCUT2D eigenvalue weighted by molar-refractivity contribution is -0.120. The van der Waals surface area contributed by atoms with Crippen LogP contribution < -0.4 is 11.1 Å². The number of amides is 1. The van der Waals surface area contributed by atoms with Crippen LogP contribution in [-0.4, -0.2) is 18.0 Å². The molecular formula is C12H24N2O. The van der Waals surface area contributed by atoms with Crippen LogP contribution in [0.2, 0.25) is 0 Å². The predicted molar refractivity (Wildman–Crippen MR) is 62.5 cm³/mol. The number of nitrogens with two attached hydrogens (primary N) is 1. The van der Waals surface area contributed by atoms with E-state index in [1.807, 2.05) is 0 Å². The van der Waals surface area contributed by atoms with Gasteiger partial charge in [-0.1, -0.05) is 39.0 Å². The summed E-state index contributed by atoms with van der Waals surface area (Å²) in [5, 5.41) is 3.31. The molecule has 0 aromatic heterocycles. The second kappa shape index (κ2) is 6.83. The lowest BCUT2D eigenvalue weighted by Crippen LogP contribution is -2.42. The first-order chi connectivity index (χ1) is 7.24. The maximum atomic E-state index is 11.1. The molecule has 1 fully saturated rings. The molecule has 3 N–H and O–H groups in total. The van der Waals surface area contributed by atoms with E-state index in [1.54, 1.807) is 0 Å². The third-order valence-corrected chi connectivity index (χ3v) is 2.95. The van der Waals surface area contributed by atoms with Crippen LogP contribution in [0.1, 0.15) is 58.3 Å². The number of rotatable bonds is 9. The van der Waals surface area contributed by atoms with Gasteiger partial charge in [0.2, 0.25) is 5.91 Å². The average Bonchev–Trinajstić information content (AvgIpc) is 2.99. The minimum atomic E-state index is -0.183. The molecule has 1 saturated carbocycles. The van der Waals surface area contributed by atoms with Crippen LogP contribution in [0, 0.1) is 0 Å². The smallest absolute Gasteiger partial charge is 0.234 e. The quantitative estimate of drug-likeness (QED) is 0.574. The van der Waals surface area contributed by atoms with Gasteiger partial charge < -0.3 is 11.1 Å². The van der Waals surface area contributed by atoms with Gasteiger partial charge in [0.1, 0.15) is 0 Å². The average molecular weight is 212 g/mol. The summed E-state index contributed by atoms with van der Waals surface area (Å²) in [6.07, 6.45) is 9.52. The van der Waals surface area contributed by atoms with Gasteiger partial charge in [0.05, 0.1) is 6.04 Å². The van der Waals surface area contributed by atoms with Crippen molar-refractivity contribution >= 4 is 5.91 Å². The fraction of sp³-hybridized carbons (Fsp3) is 0.917. The Balaban J connectivity index is 2.05. The van der Waals surface area contributed by atoms with Gasteiger partial charge in [0.15, 0.2) is 0 Å². The zero-order valence-corrected chi connectivity index (χ0v) is 9.80. The molecule has 1 atom stereocenters. The van der Waals surface area contributed by atoms with Crippen molar-refractivity contribution in [2.75, 3.05) is 0 Å². The summed E-state index contributed by atoms with van der Waals surface area (Å²) in [6.45, 7) is 2.21. The first kappa shape index (κ1) is 12.5. The third-order valence-electron chi connectivity index (χ3n) is 2.95. The first-order valence-corrected chi connectivity index (χ1v) is 6.29. The summed E-state index contributed by atoms with van der Waals surface area (Å²) >= 11 is 0. The Morgan fingerprint density at radius 2 is 2.00 bits per heavy atom. The minimum Gasteiger partial charge on any atom is -0.368 e. The van der Waals surface area contributed by atoms with E-state index in [4.69, 9.17) is 5.73 Å². The molecule has 1 rings (SSSR count). The monoisotopic (exact) mass is 212 g/mol. The van der Waals surface area contributed by atoms with Gasteiger partial charge in [-0.15, -0.1) is 0 Å². The van der Waals surface area contributed by atoms with E-state index in [0.29, 0.717) is 6.04 Å². The zero-order chi connectivity index (χ0) is 11.1. The van der Waals surface area contributed by atoms with Gasteiger partial charge in [-0.3, -0.25) is 4.79 Å². The fourth-order valence-corrected chi connectivity index (χ4v) is 1.79. The van der Waals surface area contributed by atoms with Crippen LogP contribution in [-0.2, 0) is 4.79 Å². The summed E-state index contributed by atoms with van der Waals surface area (Å²) in [4.78, 5) is 11.1. The van der Waals surface area contributed by atoms with E-state index in [0.717, 1.165) is 12.8 Å². The van der Waals surface area contributed by atoms with E-state index >= 15 is 0 Å². The molecule has 0 spiro atoms. The summed E-state index contributed by atoms with van der Waals surface area (Å²) in [6, 6.07) is 0.484. The normalized spacial score (nSPS) is 17.7. The standard InChI is InChI=1S/C12H24N2O/c1-2-3-4-5-6-7-11(12(13)15)14-10-8-9-10/h10-11,14H,2-9H2,1H3,(H2,13,15). The molecule has 3 heteroatoms. The molecular weight excluding hydrogens is 188 g/mol. The molecule has 0 radical (unpaired) electrons. The molecule has 3 nitrogen and oxygen atoms in total. The van der Waals surface area contributed by atoms with Gasteiger partial charge in [0.25, 0.3) is 0 Å². The fourth-order valence-electron chi connectivity index (χ4n) is 1.79. The highest BCUT2D eigenvalue weighted by molar-refractivity contribution is 5.79. The number of hydrogen-bond acceptors (Lipinski definition) is 2. The van der Waals surface area contributed by atoms with E-state index in [9.17, 15) is 4.79 Å². The van der Waals surface area contributed by atoms with Gasteiger partial charge >= 0.3 is 0 Å². The van der Waals surface area contributed by atoms with Crippen LogP contribution >= 0.6 is 0 Å². The lowest BCUT2D eigenvalue weighted by Gasteiger charge is -2.14. The largest absolute Gasteiger partial charge is 0.368 e. The van der Waals surface area contributed by atoms with Gasteiger partial charge in [-0.05, 0) is 19.3 Å². The number of primary amides is 1. The Hall–Kier alpha value is -0.570. The van der Waals surface area contributed by atoms with Crippen LogP contribution in [0.3, 0.4) is 0 Å². The Bertz CT molecular complexity index is 190. The van der Waals surface area contributed by atoms with Crippen LogP contribution in [0.5, 0.6) is 0 Å². The van der Waals surface area contributed by atoms with Crippen LogP contribution in [0.15, 0.2) is 0 Å². The Morgan fingerprint density at radius 3 is 2.53 bits per heavy atom. The minimum absolute atomic E-state index is 0.0841. The molecule has 1 aliphatic carbocycles. The predicted octanol–water partition coefficient (Wildman–Crippen LogP) is 1.95. The molecule has 0 bridgehead atoms. The molecule has 0 aromatic carbocycles. The summed E-state index contributed by atoms with van der Waals surface area (Å²) in [5.74, 6) is -0.183. The number of unbranched alkanes of at least 4 members (excludes halogenated alkanes) is 4. The Morgan fingerprint density at radius 1 is 1.33 bits per heavy atom. The summed E-state index contributed by atoms with van der Waals surface area (Å²) < 4.78 is 0. The van der Waals surface area contributed by atoms with E-state index in [1.165, 1.54) is 38.5 Å². The molecule has 0 aliphatic heterocycles. The van der Waals surface area contributed by atoms with Crippen molar-refractivity contribution in [3.63, 3.8) is 0 Å². The van der Waals surface area contributed by atoms with Gasteiger partial charge in [-0.25, -0.2) is 0 Å². The maximum Gasteiger partial charge on any atom is 0.234 e. The van der Waals surface area contributed by atoms with Gasteiger partial charge in [0, 0.05) is 6.04 Å². The van der Waals surface area contributed by atoms with Crippen LogP contribution in [0.25, 0.3) is 0 Å². The number of hydrogen-bond donors (Lipinski definition) is 2. The SMILES string of the molecule is CCCCCCCC(NC1CC1)C(N)=O. The van der Waals surface area contributed by atoms with Crippen molar-refractivity contribution < 1.29 is 4.79 Å². The molecule has 88 valence electrons.